The number of halogens is 1. The fourth-order valence-corrected chi connectivity index (χ4v) is 2.96. The Kier molecular flexibility index (Phi) is 4.11. The van der Waals surface area contributed by atoms with Crippen LogP contribution in [0.1, 0.15) is 31.2 Å². The number of thiophene rings is 1. The Balaban J connectivity index is 2.30. The second kappa shape index (κ2) is 5.64. The molecule has 0 radical (unpaired) electrons. The molecule has 4 nitrogen and oxygen atoms in total. The second-order valence-electron chi connectivity index (χ2n) is 4.34. The van der Waals surface area contributed by atoms with E-state index in [-0.39, 0.29) is 5.56 Å². The van der Waals surface area contributed by atoms with Crippen molar-refractivity contribution < 1.29 is 14.7 Å². The molecule has 0 saturated heterocycles. The fraction of sp³-hybridized carbons (Fsp3) is 0.143. The summed E-state index contributed by atoms with van der Waals surface area (Å²) in [5.41, 5.74) is 1.36. The van der Waals surface area contributed by atoms with E-state index in [9.17, 15) is 9.59 Å². The van der Waals surface area contributed by atoms with E-state index in [1.54, 1.807) is 25.1 Å². The largest absolute Gasteiger partial charge is 0.478 e. The standard InChI is InChI=1S/C14H12ClNO3S/c1-7-3-4-9(11(15)5-7)12(17)16-13-10(14(18)19)6-8(2)20-13/h3-6H,1-2H3,(H,16,17)(H,18,19). The lowest BCUT2D eigenvalue weighted by Gasteiger charge is -2.06. The molecule has 0 aliphatic heterocycles. The van der Waals surface area contributed by atoms with Crippen molar-refractivity contribution in [1.82, 2.24) is 0 Å². The minimum absolute atomic E-state index is 0.0871. The van der Waals surface area contributed by atoms with E-state index in [0.29, 0.717) is 15.6 Å². The molecule has 0 bridgehead atoms. The zero-order chi connectivity index (χ0) is 14.9. The molecule has 20 heavy (non-hydrogen) atoms. The van der Waals surface area contributed by atoms with Crippen LogP contribution in [0.3, 0.4) is 0 Å². The summed E-state index contributed by atoms with van der Waals surface area (Å²) in [5, 5.41) is 12.3. The summed E-state index contributed by atoms with van der Waals surface area (Å²) >= 11 is 7.24. The predicted octanol–water partition coefficient (Wildman–Crippen LogP) is 3.97. The molecule has 6 heteroatoms. The van der Waals surface area contributed by atoms with Gasteiger partial charge in [0.25, 0.3) is 5.91 Å². The zero-order valence-electron chi connectivity index (χ0n) is 10.9. The normalized spacial score (nSPS) is 10.3. The Bertz CT molecular complexity index is 694. The number of rotatable bonds is 3. The number of amides is 1. The van der Waals surface area contributed by atoms with Crippen LogP contribution < -0.4 is 5.32 Å². The van der Waals surface area contributed by atoms with Crippen molar-refractivity contribution >= 4 is 39.8 Å². The quantitative estimate of drug-likeness (QED) is 0.901. The number of hydrogen-bond donors (Lipinski definition) is 2. The predicted molar refractivity (Wildman–Crippen MR) is 80.2 cm³/mol. The highest BCUT2D eigenvalue weighted by molar-refractivity contribution is 7.16. The van der Waals surface area contributed by atoms with Gasteiger partial charge in [-0.2, -0.15) is 0 Å². The van der Waals surface area contributed by atoms with Gasteiger partial charge in [-0.25, -0.2) is 4.79 Å². The minimum atomic E-state index is -1.07. The lowest BCUT2D eigenvalue weighted by atomic mass is 10.1. The van der Waals surface area contributed by atoms with Crippen molar-refractivity contribution in [2.45, 2.75) is 13.8 Å². The van der Waals surface area contributed by atoms with Gasteiger partial charge < -0.3 is 10.4 Å². The van der Waals surface area contributed by atoms with Gasteiger partial charge in [0.05, 0.1) is 16.1 Å². The van der Waals surface area contributed by atoms with Crippen LogP contribution in [-0.4, -0.2) is 17.0 Å². The number of carbonyl (C=O) groups excluding carboxylic acids is 1. The number of aryl methyl sites for hydroxylation is 2. The molecule has 2 rings (SSSR count). The van der Waals surface area contributed by atoms with Crippen LogP contribution in [0.25, 0.3) is 0 Å². The second-order valence-corrected chi connectivity index (χ2v) is 6.01. The van der Waals surface area contributed by atoms with Crippen molar-refractivity contribution in [3.8, 4) is 0 Å². The highest BCUT2D eigenvalue weighted by Crippen LogP contribution is 2.29. The molecule has 0 atom stereocenters. The van der Waals surface area contributed by atoms with Gasteiger partial charge in [-0.3, -0.25) is 4.79 Å². The third kappa shape index (κ3) is 3.00. The van der Waals surface area contributed by atoms with Gasteiger partial charge >= 0.3 is 5.97 Å². The van der Waals surface area contributed by atoms with E-state index in [1.165, 1.54) is 17.4 Å². The summed E-state index contributed by atoms with van der Waals surface area (Å²) in [5.74, 6) is -1.49. The Morgan fingerprint density at radius 3 is 2.50 bits per heavy atom. The van der Waals surface area contributed by atoms with Crippen molar-refractivity contribution in [2.24, 2.45) is 0 Å². The summed E-state index contributed by atoms with van der Waals surface area (Å²) in [7, 11) is 0. The minimum Gasteiger partial charge on any atom is -0.478 e. The molecule has 1 amide bonds. The monoisotopic (exact) mass is 309 g/mol. The molecule has 104 valence electrons. The van der Waals surface area contributed by atoms with Gasteiger partial charge in [0.15, 0.2) is 0 Å². The van der Waals surface area contributed by atoms with Crippen molar-refractivity contribution in [3.63, 3.8) is 0 Å². The smallest absolute Gasteiger partial charge is 0.338 e. The van der Waals surface area contributed by atoms with E-state index in [4.69, 9.17) is 16.7 Å². The molecule has 1 heterocycles. The lowest BCUT2D eigenvalue weighted by Crippen LogP contribution is -2.13. The first kappa shape index (κ1) is 14.6. The molecule has 0 aliphatic carbocycles. The SMILES string of the molecule is Cc1ccc(C(=O)Nc2sc(C)cc2C(=O)O)c(Cl)c1. The van der Waals surface area contributed by atoms with Crippen LogP contribution in [0.5, 0.6) is 0 Å². The summed E-state index contributed by atoms with van der Waals surface area (Å²) in [6.45, 7) is 3.66. The van der Waals surface area contributed by atoms with E-state index in [1.807, 2.05) is 6.92 Å². The first-order valence-electron chi connectivity index (χ1n) is 5.79. The highest BCUT2D eigenvalue weighted by Gasteiger charge is 2.18. The molecule has 0 spiro atoms. The lowest BCUT2D eigenvalue weighted by molar-refractivity contribution is 0.0698. The Morgan fingerprint density at radius 2 is 1.90 bits per heavy atom. The number of anilines is 1. The van der Waals surface area contributed by atoms with Gasteiger partial charge in [0.2, 0.25) is 0 Å². The molecule has 1 aromatic carbocycles. The molecule has 0 aliphatic rings. The average Bonchev–Trinajstić information content (AvgIpc) is 2.70. The third-order valence-electron chi connectivity index (χ3n) is 2.68. The summed E-state index contributed by atoms with van der Waals surface area (Å²) in [4.78, 5) is 24.1. The fourth-order valence-electron chi connectivity index (χ4n) is 1.74. The molecule has 2 aromatic rings. The number of nitrogens with one attached hydrogen (secondary N) is 1. The van der Waals surface area contributed by atoms with Gasteiger partial charge in [0, 0.05) is 4.88 Å². The number of carboxylic acids is 1. The Labute approximate surface area is 125 Å². The van der Waals surface area contributed by atoms with Crippen LogP contribution >= 0.6 is 22.9 Å². The molecule has 2 N–H and O–H groups in total. The zero-order valence-corrected chi connectivity index (χ0v) is 12.4. The number of carbonyl (C=O) groups is 2. The maximum Gasteiger partial charge on any atom is 0.338 e. The van der Waals surface area contributed by atoms with Gasteiger partial charge in [-0.1, -0.05) is 17.7 Å². The average molecular weight is 310 g/mol. The van der Waals surface area contributed by atoms with E-state index >= 15 is 0 Å². The van der Waals surface area contributed by atoms with Gasteiger partial charge in [-0.15, -0.1) is 11.3 Å². The summed E-state index contributed by atoms with van der Waals surface area (Å²) in [6, 6.07) is 6.61. The van der Waals surface area contributed by atoms with Crippen LogP contribution in [0.15, 0.2) is 24.3 Å². The maximum atomic E-state index is 12.1. The van der Waals surface area contributed by atoms with E-state index in [2.05, 4.69) is 5.32 Å². The summed E-state index contributed by atoms with van der Waals surface area (Å²) in [6.07, 6.45) is 0. The molecular weight excluding hydrogens is 298 g/mol. The Morgan fingerprint density at radius 1 is 1.20 bits per heavy atom. The van der Waals surface area contributed by atoms with Gasteiger partial charge in [-0.05, 0) is 37.6 Å². The molecular formula is C14H12ClNO3S. The molecule has 1 aromatic heterocycles. The highest BCUT2D eigenvalue weighted by atomic mass is 35.5. The van der Waals surface area contributed by atoms with Crippen LogP contribution in [0, 0.1) is 13.8 Å². The van der Waals surface area contributed by atoms with Crippen molar-refractivity contribution in [2.75, 3.05) is 5.32 Å². The first-order chi connectivity index (χ1) is 9.38. The van der Waals surface area contributed by atoms with Crippen molar-refractivity contribution in [3.05, 3.63) is 50.9 Å². The summed E-state index contributed by atoms with van der Waals surface area (Å²) < 4.78 is 0. The van der Waals surface area contributed by atoms with E-state index < -0.39 is 11.9 Å². The molecule has 0 saturated carbocycles. The molecule has 0 fully saturated rings. The number of hydrogen-bond acceptors (Lipinski definition) is 3. The van der Waals surface area contributed by atoms with Crippen LogP contribution in [0.2, 0.25) is 5.02 Å². The van der Waals surface area contributed by atoms with Crippen LogP contribution in [-0.2, 0) is 0 Å². The first-order valence-corrected chi connectivity index (χ1v) is 6.99. The Hall–Kier alpha value is -1.85. The van der Waals surface area contributed by atoms with Crippen LogP contribution in [0.4, 0.5) is 5.00 Å². The maximum absolute atomic E-state index is 12.1. The topological polar surface area (TPSA) is 66.4 Å². The number of benzene rings is 1. The number of aromatic carboxylic acids is 1. The van der Waals surface area contributed by atoms with Crippen molar-refractivity contribution in [1.29, 1.82) is 0 Å². The van der Waals surface area contributed by atoms with E-state index in [0.717, 1.165) is 10.4 Å². The molecule has 0 unspecified atom stereocenters. The third-order valence-corrected chi connectivity index (χ3v) is 3.96. The van der Waals surface area contributed by atoms with Gasteiger partial charge in [0.1, 0.15) is 5.00 Å². The number of carboxylic acid groups (broad SMARTS) is 1.